The molecule has 40 heavy (non-hydrogen) atoms. The second kappa shape index (κ2) is 16.0. The van der Waals surface area contributed by atoms with Gasteiger partial charge >= 0.3 is 6.03 Å². The van der Waals surface area contributed by atoms with E-state index in [0.717, 1.165) is 69.3 Å². The molecule has 1 unspecified atom stereocenters. The number of benzene rings is 1. The number of nitrogens with zero attached hydrogens (tertiary/aromatic N) is 1. The molecular formula is C33H55N3O4. The summed E-state index contributed by atoms with van der Waals surface area (Å²) in [4.78, 5) is 15.6. The Morgan fingerprint density at radius 3 is 2.55 bits per heavy atom. The molecule has 1 aliphatic heterocycles. The van der Waals surface area contributed by atoms with Crippen LogP contribution in [0.25, 0.3) is 0 Å². The van der Waals surface area contributed by atoms with Crippen molar-refractivity contribution in [3.05, 3.63) is 29.8 Å². The second-order valence-corrected chi connectivity index (χ2v) is 12.6. The van der Waals surface area contributed by atoms with Crippen molar-refractivity contribution in [1.29, 1.82) is 0 Å². The summed E-state index contributed by atoms with van der Waals surface area (Å²) >= 11 is 0. The van der Waals surface area contributed by atoms with Gasteiger partial charge in [0.2, 0.25) is 0 Å². The zero-order chi connectivity index (χ0) is 28.2. The lowest BCUT2D eigenvalue weighted by Crippen LogP contribution is -2.54. The van der Waals surface area contributed by atoms with Crippen LogP contribution in [-0.4, -0.2) is 68.6 Å². The number of methoxy groups -OCH3 is 1. The zero-order valence-electron chi connectivity index (χ0n) is 25.2. The third kappa shape index (κ3) is 8.59. The molecule has 7 nitrogen and oxygen atoms in total. The summed E-state index contributed by atoms with van der Waals surface area (Å²) in [5.41, 5.74) is -0.175. The number of likely N-dealkylation sites (tertiary alicyclic amines) is 1. The van der Waals surface area contributed by atoms with Gasteiger partial charge in [-0.15, -0.1) is 0 Å². The van der Waals surface area contributed by atoms with Gasteiger partial charge in [0.05, 0.1) is 11.7 Å². The highest BCUT2D eigenvalue weighted by atomic mass is 16.5. The van der Waals surface area contributed by atoms with Crippen molar-refractivity contribution in [1.82, 2.24) is 15.5 Å². The van der Waals surface area contributed by atoms with E-state index in [2.05, 4.69) is 10.6 Å². The first-order valence-electron chi connectivity index (χ1n) is 16.2. The molecule has 4 rings (SSSR count). The molecule has 2 aliphatic carbocycles. The monoisotopic (exact) mass is 557 g/mol. The predicted octanol–water partition coefficient (Wildman–Crippen LogP) is 5.99. The Bertz CT molecular complexity index is 886. The summed E-state index contributed by atoms with van der Waals surface area (Å²) in [6.45, 7) is 2.76. The molecule has 3 atom stereocenters. The molecule has 3 aliphatic rings. The van der Waals surface area contributed by atoms with E-state index in [1.807, 2.05) is 36.2 Å². The molecule has 2 saturated carbocycles. The first-order chi connectivity index (χ1) is 19.5. The van der Waals surface area contributed by atoms with E-state index in [4.69, 9.17) is 9.47 Å². The average molecular weight is 558 g/mol. The normalized spacial score (nSPS) is 23.1. The van der Waals surface area contributed by atoms with Crippen LogP contribution in [0.3, 0.4) is 0 Å². The van der Waals surface area contributed by atoms with Crippen molar-refractivity contribution < 1.29 is 19.4 Å². The maximum Gasteiger partial charge on any atom is 0.317 e. The van der Waals surface area contributed by atoms with Crippen molar-refractivity contribution in [3.8, 4) is 5.75 Å². The lowest BCUT2D eigenvalue weighted by molar-refractivity contribution is -0.0585. The fraction of sp³-hybridized carbons (Fsp3) is 0.788. The lowest BCUT2D eigenvalue weighted by Gasteiger charge is -2.43. The first kappa shape index (κ1) is 31.1. The summed E-state index contributed by atoms with van der Waals surface area (Å²) < 4.78 is 11.8. The van der Waals surface area contributed by atoms with Gasteiger partial charge in [-0.1, -0.05) is 50.3 Å². The van der Waals surface area contributed by atoms with Crippen LogP contribution < -0.4 is 15.4 Å². The first-order valence-corrected chi connectivity index (χ1v) is 16.2. The zero-order valence-corrected chi connectivity index (χ0v) is 25.2. The number of aliphatic hydroxyl groups is 1. The highest BCUT2D eigenvalue weighted by molar-refractivity contribution is 5.74. The largest absolute Gasteiger partial charge is 0.490 e. The van der Waals surface area contributed by atoms with E-state index in [0.29, 0.717) is 25.5 Å². The number of piperidine rings is 1. The minimum Gasteiger partial charge on any atom is -0.490 e. The number of carbonyl (C=O) groups excluding carboxylic acids is 1. The SMILES string of the molecule is CNCC(CC1CCCCC1)NC(=O)N1CCC[C@@H]([C@@](O)(CCCCOC)c2ccccc2OC2CCCC2)C1. The maximum absolute atomic E-state index is 13.6. The van der Waals surface area contributed by atoms with Crippen molar-refractivity contribution in [2.75, 3.05) is 40.4 Å². The van der Waals surface area contributed by atoms with Crippen LogP contribution in [0.4, 0.5) is 4.79 Å². The van der Waals surface area contributed by atoms with Gasteiger partial charge in [0.1, 0.15) is 5.75 Å². The second-order valence-electron chi connectivity index (χ2n) is 12.6. The third-order valence-electron chi connectivity index (χ3n) is 9.61. The van der Waals surface area contributed by atoms with Crippen LogP contribution in [0, 0.1) is 11.8 Å². The highest BCUT2D eigenvalue weighted by Gasteiger charge is 2.43. The molecule has 7 heteroatoms. The molecule has 0 radical (unpaired) electrons. The number of hydrogen-bond donors (Lipinski definition) is 3. The standard InChI is InChI=1S/C33H55N3O4/c1-34-24-28(23-26-13-4-3-5-14-26)35-32(37)36-21-12-15-27(25-36)33(38,20-10-11-22-39-2)30-18-8-9-19-31(30)40-29-16-6-7-17-29/h8-9,18-19,26-29,34,38H,3-7,10-17,20-25H2,1-2H3,(H,35,37)/t27-,28?,33+/m1/s1. The third-order valence-corrected chi connectivity index (χ3v) is 9.61. The van der Waals surface area contributed by atoms with Crippen molar-refractivity contribution >= 4 is 6.03 Å². The average Bonchev–Trinajstić information content (AvgIpc) is 3.49. The van der Waals surface area contributed by atoms with Crippen LogP contribution in [0.2, 0.25) is 0 Å². The maximum atomic E-state index is 13.6. The van der Waals surface area contributed by atoms with Crippen molar-refractivity contribution in [2.24, 2.45) is 11.8 Å². The van der Waals surface area contributed by atoms with Crippen LogP contribution in [-0.2, 0) is 10.3 Å². The number of para-hydroxylation sites is 1. The van der Waals surface area contributed by atoms with E-state index >= 15 is 0 Å². The van der Waals surface area contributed by atoms with E-state index in [9.17, 15) is 9.90 Å². The van der Waals surface area contributed by atoms with Crippen LogP contribution in [0.15, 0.2) is 24.3 Å². The van der Waals surface area contributed by atoms with Gasteiger partial charge in [0.15, 0.2) is 0 Å². The number of hydrogen-bond acceptors (Lipinski definition) is 5. The van der Waals surface area contributed by atoms with Crippen molar-refractivity contribution in [3.63, 3.8) is 0 Å². The fourth-order valence-corrected chi connectivity index (χ4v) is 7.39. The molecule has 0 spiro atoms. The molecule has 3 N–H and O–H groups in total. The van der Waals surface area contributed by atoms with Gasteiger partial charge in [-0.25, -0.2) is 4.79 Å². The predicted molar refractivity (Wildman–Crippen MR) is 161 cm³/mol. The number of amides is 2. The minimum atomic E-state index is -1.06. The quantitative estimate of drug-likeness (QED) is 0.245. The van der Waals surface area contributed by atoms with E-state index in [1.54, 1.807) is 7.11 Å². The van der Waals surface area contributed by atoms with E-state index < -0.39 is 5.60 Å². The molecule has 2 amide bonds. The Morgan fingerprint density at radius 2 is 1.80 bits per heavy atom. The number of likely N-dealkylation sites (N-methyl/N-ethyl adjacent to an activating group) is 1. The van der Waals surface area contributed by atoms with Crippen molar-refractivity contribution in [2.45, 2.75) is 114 Å². The molecule has 1 aromatic carbocycles. The summed E-state index contributed by atoms with van der Waals surface area (Å²) in [5.74, 6) is 1.46. The number of urea groups is 1. The smallest absolute Gasteiger partial charge is 0.317 e. The number of nitrogens with one attached hydrogen (secondary N) is 2. The van der Waals surface area contributed by atoms with Crippen LogP contribution >= 0.6 is 0 Å². The molecule has 0 bridgehead atoms. The summed E-state index contributed by atoms with van der Waals surface area (Å²) in [7, 11) is 3.69. The molecule has 226 valence electrons. The van der Waals surface area contributed by atoms with Crippen LogP contribution in [0.5, 0.6) is 5.75 Å². The number of ether oxygens (including phenoxy) is 2. The lowest BCUT2D eigenvalue weighted by atomic mass is 9.73. The Labute approximate surface area is 242 Å². The Morgan fingerprint density at radius 1 is 1.05 bits per heavy atom. The van der Waals surface area contributed by atoms with E-state index in [-0.39, 0.29) is 24.1 Å². The Kier molecular flexibility index (Phi) is 12.4. The molecule has 0 aromatic heterocycles. The van der Waals surface area contributed by atoms with E-state index in [1.165, 1.54) is 44.9 Å². The number of rotatable bonds is 14. The topological polar surface area (TPSA) is 83.1 Å². The minimum absolute atomic E-state index is 0.0120. The summed E-state index contributed by atoms with van der Waals surface area (Å²) in [6.07, 6.45) is 16.5. The highest BCUT2D eigenvalue weighted by Crippen LogP contribution is 2.44. The molecule has 1 heterocycles. The Hall–Kier alpha value is -1.83. The Balaban J connectivity index is 1.48. The summed E-state index contributed by atoms with van der Waals surface area (Å²) in [6, 6.07) is 8.24. The fourth-order valence-electron chi connectivity index (χ4n) is 7.39. The molecule has 3 fully saturated rings. The molecular weight excluding hydrogens is 502 g/mol. The number of unbranched alkanes of at least 4 members (excludes halogenated alkanes) is 1. The van der Waals surface area contributed by atoms with Gasteiger partial charge in [-0.2, -0.15) is 0 Å². The molecule has 1 saturated heterocycles. The van der Waals surface area contributed by atoms with Crippen LogP contribution in [0.1, 0.15) is 102 Å². The molecule has 1 aromatic rings. The van der Waals surface area contributed by atoms with Gasteiger partial charge in [-0.05, 0) is 83.2 Å². The number of carbonyl (C=O) groups is 1. The van der Waals surface area contributed by atoms with Gasteiger partial charge in [0, 0.05) is 50.9 Å². The summed E-state index contributed by atoms with van der Waals surface area (Å²) in [5, 5.41) is 19.2. The van der Waals surface area contributed by atoms with Gasteiger partial charge in [0.25, 0.3) is 0 Å². The van der Waals surface area contributed by atoms with Gasteiger partial charge in [-0.3, -0.25) is 0 Å². The van der Waals surface area contributed by atoms with Gasteiger partial charge < -0.3 is 30.1 Å².